The lowest BCUT2D eigenvalue weighted by Crippen LogP contribution is -2.22. The van der Waals surface area contributed by atoms with Crippen LogP contribution in [-0.4, -0.2) is 31.8 Å². The van der Waals surface area contributed by atoms with Crippen molar-refractivity contribution in [3.05, 3.63) is 46.8 Å². The fourth-order valence-electron chi connectivity index (χ4n) is 2.36. The first-order chi connectivity index (χ1) is 10.2. The molecule has 0 saturated heterocycles. The van der Waals surface area contributed by atoms with Crippen LogP contribution in [0, 0.1) is 13.8 Å². The van der Waals surface area contributed by atoms with Crippen molar-refractivity contribution in [3.8, 4) is 0 Å². The van der Waals surface area contributed by atoms with Crippen molar-refractivity contribution in [2.75, 3.05) is 13.3 Å². The van der Waals surface area contributed by atoms with Gasteiger partial charge in [-0.15, -0.1) is 0 Å². The van der Waals surface area contributed by atoms with E-state index in [9.17, 15) is 8.42 Å². The third-order valence-electron chi connectivity index (χ3n) is 4.04. The van der Waals surface area contributed by atoms with Gasteiger partial charge in [-0.2, -0.15) is 0 Å². The standard InChI is InChI=1S/C16H22N2O3S/c1-11-16(13(3)21-17-11)10-18(4)12(2)14-6-8-15(9-7-14)22(5,19)20/h6-9,12H,10H2,1-5H3. The van der Waals surface area contributed by atoms with E-state index in [1.807, 2.05) is 33.0 Å². The van der Waals surface area contributed by atoms with E-state index in [0.717, 1.165) is 29.1 Å². The maximum absolute atomic E-state index is 11.5. The molecule has 0 saturated carbocycles. The summed E-state index contributed by atoms with van der Waals surface area (Å²) in [6.45, 7) is 6.67. The number of benzene rings is 1. The molecule has 1 aromatic heterocycles. The lowest BCUT2D eigenvalue weighted by atomic mass is 10.1. The molecule has 6 heteroatoms. The molecule has 0 amide bonds. The Kier molecular flexibility index (Phi) is 4.72. The molecule has 0 aliphatic carbocycles. The SMILES string of the molecule is Cc1noc(C)c1CN(C)C(C)c1ccc(S(C)(=O)=O)cc1. The fraction of sp³-hybridized carbons (Fsp3) is 0.438. The van der Waals surface area contributed by atoms with Crippen LogP contribution < -0.4 is 0 Å². The molecule has 120 valence electrons. The van der Waals surface area contributed by atoms with Crippen molar-refractivity contribution in [2.24, 2.45) is 0 Å². The predicted octanol–water partition coefficient (Wildman–Crippen LogP) is 2.89. The molecule has 1 heterocycles. The van der Waals surface area contributed by atoms with Gasteiger partial charge in [-0.05, 0) is 45.5 Å². The minimum atomic E-state index is -3.15. The molecule has 0 fully saturated rings. The second kappa shape index (κ2) is 6.22. The number of aryl methyl sites for hydroxylation is 2. The maximum atomic E-state index is 11.5. The molecule has 0 bridgehead atoms. The van der Waals surface area contributed by atoms with Crippen LogP contribution >= 0.6 is 0 Å². The van der Waals surface area contributed by atoms with Crippen LogP contribution in [0.1, 0.15) is 35.5 Å². The van der Waals surface area contributed by atoms with Crippen molar-refractivity contribution in [2.45, 2.75) is 38.3 Å². The number of hydrogen-bond acceptors (Lipinski definition) is 5. The average molecular weight is 322 g/mol. The van der Waals surface area contributed by atoms with Crippen molar-refractivity contribution in [1.82, 2.24) is 10.1 Å². The van der Waals surface area contributed by atoms with Crippen LogP contribution in [0.15, 0.2) is 33.7 Å². The summed E-state index contributed by atoms with van der Waals surface area (Å²) in [4.78, 5) is 2.53. The highest BCUT2D eigenvalue weighted by atomic mass is 32.2. The monoisotopic (exact) mass is 322 g/mol. The van der Waals surface area contributed by atoms with Gasteiger partial charge in [0.2, 0.25) is 0 Å². The largest absolute Gasteiger partial charge is 0.361 e. The molecule has 0 radical (unpaired) electrons. The molecule has 22 heavy (non-hydrogen) atoms. The Hall–Kier alpha value is -1.66. The summed E-state index contributed by atoms with van der Waals surface area (Å²) in [6.07, 6.45) is 1.22. The molecule has 2 aromatic rings. The van der Waals surface area contributed by atoms with E-state index in [2.05, 4.69) is 17.0 Å². The van der Waals surface area contributed by atoms with E-state index in [1.54, 1.807) is 12.1 Å². The third-order valence-corrected chi connectivity index (χ3v) is 5.17. The first kappa shape index (κ1) is 16.7. The van der Waals surface area contributed by atoms with E-state index in [0.29, 0.717) is 4.90 Å². The predicted molar refractivity (Wildman–Crippen MR) is 85.4 cm³/mol. The van der Waals surface area contributed by atoms with E-state index in [1.165, 1.54) is 6.26 Å². The molecule has 0 aliphatic heterocycles. The van der Waals surface area contributed by atoms with Crippen molar-refractivity contribution in [3.63, 3.8) is 0 Å². The van der Waals surface area contributed by atoms with Gasteiger partial charge in [-0.3, -0.25) is 4.90 Å². The lowest BCUT2D eigenvalue weighted by Gasteiger charge is -2.25. The van der Waals surface area contributed by atoms with Gasteiger partial charge in [0, 0.05) is 24.4 Å². The van der Waals surface area contributed by atoms with E-state index >= 15 is 0 Å². The molecule has 2 rings (SSSR count). The van der Waals surface area contributed by atoms with Gasteiger partial charge < -0.3 is 4.52 Å². The molecule has 0 N–H and O–H groups in total. The minimum absolute atomic E-state index is 0.155. The maximum Gasteiger partial charge on any atom is 0.175 e. The summed E-state index contributed by atoms with van der Waals surface area (Å²) in [5.74, 6) is 0.837. The molecule has 0 spiro atoms. The summed E-state index contributed by atoms with van der Waals surface area (Å²) >= 11 is 0. The van der Waals surface area contributed by atoms with Crippen LogP contribution in [-0.2, 0) is 16.4 Å². The topological polar surface area (TPSA) is 63.4 Å². The van der Waals surface area contributed by atoms with Crippen LogP contribution in [0.3, 0.4) is 0 Å². The first-order valence-corrected chi connectivity index (χ1v) is 9.01. The van der Waals surface area contributed by atoms with Gasteiger partial charge in [-0.25, -0.2) is 8.42 Å². The smallest absolute Gasteiger partial charge is 0.175 e. The Morgan fingerprint density at radius 2 is 1.82 bits per heavy atom. The average Bonchev–Trinajstić information content (AvgIpc) is 2.77. The fourth-order valence-corrected chi connectivity index (χ4v) is 2.99. The third kappa shape index (κ3) is 3.56. The highest BCUT2D eigenvalue weighted by molar-refractivity contribution is 7.90. The summed E-state index contributed by atoms with van der Waals surface area (Å²) in [6, 6.07) is 7.20. The van der Waals surface area contributed by atoms with Crippen molar-refractivity contribution >= 4 is 9.84 Å². The minimum Gasteiger partial charge on any atom is -0.361 e. The van der Waals surface area contributed by atoms with Gasteiger partial charge >= 0.3 is 0 Å². The van der Waals surface area contributed by atoms with Gasteiger partial charge in [0.05, 0.1) is 10.6 Å². The summed E-state index contributed by atoms with van der Waals surface area (Å²) in [5.41, 5.74) is 3.08. The second-order valence-corrected chi connectivity index (χ2v) is 7.75. The zero-order valence-electron chi connectivity index (χ0n) is 13.6. The van der Waals surface area contributed by atoms with Gasteiger partial charge in [0.1, 0.15) is 5.76 Å². The van der Waals surface area contributed by atoms with Gasteiger partial charge in [-0.1, -0.05) is 17.3 Å². The number of hydrogen-bond donors (Lipinski definition) is 0. The van der Waals surface area contributed by atoms with Gasteiger partial charge in [0.25, 0.3) is 0 Å². The Labute approximate surface area is 131 Å². The summed E-state index contributed by atoms with van der Waals surface area (Å²) in [7, 11) is -1.12. The number of sulfone groups is 1. The van der Waals surface area contributed by atoms with Crippen LogP contribution in [0.25, 0.3) is 0 Å². The highest BCUT2D eigenvalue weighted by Crippen LogP contribution is 2.24. The molecule has 1 unspecified atom stereocenters. The van der Waals surface area contributed by atoms with Gasteiger partial charge in [0.15, 0.2) is 9.84 Å². The van der Waals surface area contributed by atoms with Crippen LogP contribution in [0.2, 0.25) is 0 Å². The molecular formula is C16H22N2O3S. The molecule has 1 aromatic carbocycles. The first-order valence-electron chi connectivity index (χ1n) is 7.12. The zero-order valence-corrected chi connectivity index (χ0v) is 14.4. The molecule has 5 nitrogen and oxygen atoms in total. The molecule has 0 aliphatic rings. The Balaban J connectivity index is 2.15. The van der Waals surface area contributed by atoms with Crippen LogP contribution in [0.4, 0.5) is 0 Å². The Morgan fingerprint density at radius 1 is 1.23 bits per heavy atom. The van der Waals surface area contributed by atoms with E-state index in [-0.39, 0.29) is 6.04 Å². The molecular weight excluding hydrogens is 300 g/mol. The zero-order chi connectivity index (χ0) is 16.5. The van der Waals surface area contributed by atoms with E-state index < -0.39 is 9.84 Å². The quantitative estimate of drug-likeness (QED) is 0.847. The van der Waals surface area contributed by atoms with Crippen LogP contribution in [0.5, 0.6) is 0 Å². The van der Waals surface area contributed by atoms with E-state index in [4.69, 9.17) is 4.52 Å². The number of aromatic nitrogens is 1. The Bertz CT molecular complexity index is 729. The normalized spacial score (nSPS) is 13.5. The highest BCUT2D eigenvalue weighted by Gasteiger charge is 2.17. The lowest BCUT2D eigenvalue weighted by molar-refractivity contribution is 0.251. The molecule has 1 atom stereocenters. The number of nitrogens with zero attached hydrogens (tertiary/aromatic N) is 2. The summed E-state index contributed by atoms with van der Waals surface area (Å²) < 4.78 is 28.2. The summed E-state index contributed by atoms with van der Waals surface area (Å²) in [5, 5.41) is 3.97. The Morgan fingerprint density at radius 3 is 2.27 bits per heavy atom. The number of rotatable bonds is 5. The second-order valence-electron chi connectivity index (χ2n) is 5.74. The van der Waals surface area contributed by atoms with Crippen molar-refractivity contribution in [1.29, 1.82) is 0 Å². The van der Waals surface area contributed by atoms with Crippen molar-refractivity contribution < 1.29 is 12.9 Å².